The van der Waals surface area contributed by atoms with E-state index in [-0.39, 0.29) is 37.6 Å². The first-order valence-electron chi connectivity index (χ1n) is 23.1. The number of phenolic OH excluding ortho intramolecular Hbond substituents is 1. The largest absolute Gasteiger partial charge is 0.507 e. The minimum atomic E-state index is -2.18. The van der Waals surface area contributed by atoms with Crippen LogP contribution >= 0.6 is 0 Å². The molecule has 64 heavy (non-hydrogen) atoms. The van der Waals surface area contributed by atoms with Crippen molar-refractivity contribution in [1.29, 1.82) is 0 Å². The van der Waals surface area contributed by atoms with E-state index in [9.17, 15) is 5.11 Å². The van der Waals surface area contributed by atoms with Crippen molar-refractivity contribution in [3.8, 4) is 78.6 Å². The molecule has 0 radical (unpaired) electrons. The van der Waals surface area contributed by atoms with Gasteiger partial charge in [-0.2, -0.15) is 0 Å². The number of hydrogen-bond donors (Lipinski definition) is 1. The predicted octanol–water partition coefficient (Wildman–Crippen LogP) is 15.4. The maximum Gasteiger partial charge on any atom is 0.148 e. The average molecular weight is 1020 g/mol. The third-order valence-electron chi connectivity index (χ3n) is 12.1. The van der Waals surface area contributed by atoms with Crippen LogP contribution in [0.15, 0.2) is 158 Å². The van der Waals surface area contributed by atoms with Crippen LogP contribution in [-0.2, 0) is 31.9 Å². The van der Waals surface area contributed by atoms with Crippen molar-refractivity contribution in [1.82, 2.24) is 14.5 Å². The van der Waals surface area contributed by atoms with Crippen LogP contribution in [0.1, 0.15) is 73.5 Å². The van der Waals surface area contributed by atoms with E-state index in [0.717, 1.165) is 83.6 Å². The number of para-hydroxylation sites is 1. The Labute approximate surface area is 397 Å². The number of rotatable bonds is 7. The normalized spacial score (nSPS) is 12.7. The predicted molar refractivity (Wildman–Crippen MR) is 264 cm³/mol. The summed E-state index contributed by atoms with van der Waals surface area (Å²) in [5, 5.41) is 11.9. The Hall–Kier alpha value is -6.35. The molecule has 0 unspecified atom stereocenters. The first-order valence-corrected chi connectivity index (χ1v) is 21.6. The number of aromatic nitrogens is 3. The maximum atomic E-state index is 11.9. The average Bonchev–Trinajstić information content (AvgIpc) is 3.69. The summed E-state index contributed by atoms with van der Waals surface area (Å²) in [5.74, 6) is 0.833. The number of aromatic hydroxyl groups is 1. The van der Waals surface area contributed by atoms with E-state index >= 15 is 0 Å². The van der Waals surface area contributed by atoms with Gasteiger partial charge in [0.1, 0.15) is 11.6 Å². The molecular formula is C59H54N3OPt-. The van der Waals surface area contributed by atoms with Gasteiger partial charge in [-0.3, -0.25) is 9.55 Å². The van der Waals surface area contributed by atoms with Crippen LogP contribution in [0.5, 0.6) is 5.75 Å². The van der Waals surface area contributed by atoms with Gasteiger partial charge in [-0.05, 0) is 100 Å². The van der Waals surface area contributed by atoms with Gasteiger partial charge in [0, 0.05) is 42.6 Å². The van der Waals surface area contributed by atoms with Crippen LogP contribution in [0.3, 0.4) is 0 Å². The van der Waals surface area contributed by atoms with Crippen LogP contribution in [0.2, 0.25) is 0 Å². The fourth-order valence-corrected chi connectivity index (χ4v) is 8.52. The van der Waals surface area contributed by atoms with Gasteiger partial charge in [-0.15, -0.1) is 23.8 Å². The second-order valence-electron chi connectivity index (χ2n) is 18.8. The van der Waals surface area contributed by atoms with Gasteiger partial charge in [-0.1, -0.05) is 179 Å². The zero-order valence-electron chi connectivity index (χ0n) is 40.6. The third kappa shape index (κ3) is 8.65. The molecule has 9 rings (SSSR count). The van der Waals surface area contributed by atoms with Gasteiger partial charge in [-0.25, -0.2) is 4.98 Å². The molecule has 5 heteroatoms. The first-order chi connectivity index (χ1) is 31.3. The molecule has 2 aromatic heterocycles. The van der Waals surface area contributed by atoms with Crippen molar-refractivity contribution < 1.29 is 30.3 Å². The van der Waals surface area contributed by atoms with Crippen molar-refractivity contribution in [2.24, 2.45) is 0 Å². The summed E-state index contributed by atoms with van der Waals surface area (Å²) in [7, 11) is 0. The number of aryl methyl sites for hydroxylation is 3. The van der Waals surface area contributed by atoms with Crippen LogP contribution in [-0.4, -0.2) is 19.6 Å². The van der Waals surface area contributed by atoms with Gasteiger partial charge >= 0.3 is 0 Å². The number of nitrogens with zero attached hydrogens (tertiary/aromatic N) is 3. The van der Waals surface area contributed by atoms with Gasteiger partial charge in [0.25, 0.3) is 0 Å². The van der Waals surface area contributed by atoms with Crippen LogP contribution in [0.25, 0.3) is 83.9 Å². The molecule has 0 bridgehead atoms. The molecule has 0 atom stereocenters. The minimum Gasteiger partial charge on any atom is -0.507 e. The molecule has 0 aliphatic rings. The van der Waals surface area contributed by atoms with Crippen molar-refractivity contribution in [3.63, 3.8) is 0 Å². The van der Waals surface area contributed by atoms with E-state index in [2.05, 4.69) is 144 Å². The number of phenols is 1. The molecule has 9 aromatic rings. The third-order valence-corrected chi connectivity index (χ3v) is 12.1. The smallest absolute Gasteiger partial charge is 0.148 e. The second-order valence-corrected chi connectivity index (χ2v) is 18.8. The monoisotopic (exact) mass is 1020 g/mol. The molecular weight excluding hydrogens is 962 g/mol. The summed E-state index contributed by atoms with van der Waals surface area (Å²) in [4.78, 5) is 10.4. The van der Waals surface area contributed by atoms with Crippen LogP contribution in [0, 0.1) is 26.8 Å². The number of fused-ring (bicyclic) bond motifs is 1. The van der Waals surface area contributed by atoms with Crippen molar-refractivity contribution in [2.75, 3.05) is 0 Å². The number of hydrogen-bond acceptors (Lipinski definition) is 3. The Kier molecular flexibility index (Phi) is 10.9. The second kappa shape index (κ2) is 17.3. The molecule has 0 fully saturated rings. The maximum absolute atomic E-state index is 11.9. The van der Waals surface area contributed by atoms with E-state index in [4.69, 9.17) is 14.1 Å². The van der Waals surface area contributed by atoms with E-state index in [0.29, 0.717) is 17.0 Å². The molecule has 2 heterocycles. The van der Waals surface area contributed by atoms with Crippen LogP contribution < -0.4 is 0 Å². The summed E-state index contributed by atoms with van der Waals surface area (Å²) < 4.78 is 25.8. The molecule has 4 nitrogen and oxygen atoms in total. The quantitative estimate of drug-likeness (QED) is 0.162. The van der Waals surface area contributed by atoms with Crippen molar-refractivity contribution >= 4 is 11.0 Å². The Morgan fingerprint density at radius 3 is 1.94 bits per heavy atom. The Morgan fingerprint density at radius 2 is 1.23 bits per heavy atom. The SMILES string of the molecule is [2H]C([2H])([2H])c1ccc(-c2ccnc(-c3[c-]c(-c4cccc5c4nc(-c4cc(C)cc(C)c4O)n5-c4cc(C(C)(C)C)ccc4-c4ccc(C(C)(C)C)cc4)cc(-c4ccccc4)c3)c2)cc1.[Pt]. The molecule has 0 aliphatic carbocycles. The molecule has 0 saturated carbocycles. The minimum absolute atomic E-state index is 0. The molecule has 0 saturated heterocycles. The molecule has 7 aromatic carbocycles. The van der Waals surface area contributed by atoms with E-state index in [1.807, 2.05) is 61.5 Å². The van der Waals surface area contributed by atoms with E-state index in [1.165, 1.54) is 11.1 Å². The summed E-state index contributed by atoms with van der Waals surface area (Å²) in [6.45, 7) is 15.2. The topological polar surface area (TPSA) is 50.9 Å². The summed E-state index contributed by atoms with van der Waals surface area (Å²) in [5.41, 5.74) is 16.9. The van der Waals surface area contributed by atoms with E-state index < -0.39 is 6.85 Å². The van der Waals surface area contributed by atoms with Crippen molar-refractivity contribution in [3.05, 3.63) is 192 Å². The molecule has 0 amide bonds. The zero-order valence-corrected chi connectivity index (χ0v) is 39.9. The summed E-state index contributed by atoms with van der Waals surface area (Å²) in [6, 6.07) is 55.3. The number of pyridine rings is 1. The Balaban J connectivity index is 0.00000608. The van der Waals surface area contributed by atoms with Gasteiger partial charge in [0.05, 0.1) is 22.3 Å². The van der Waals surface area contributed by atoms with Gasteiger partial charge < -0.3 is 5.11 Å². The standard InChI is InChI=1S/C59H54N3O.Pt/c1-37-18-20-41(21-19-37)43-28-29-60-52(35-43)46-33-44(40-14-11-10-12-15-40)32-45(34-46)50-16-13-17-53-55(50)61-57(51-31-38(2)30-39(3)56(51)63)62(53)54-36-48(59(7,8)9)26-27-49(54)42-22-24-47(25-23-42)58(4,5)6;/h10-33,35-36,63H,1-9H3;/q-1;/i1D3;. The number of benzene rings is 7. The molecule has 0 spiro atoms. The fourth-order valence-electron chi connectivity index (χ4n) is 8.52. The zero-order chi connectivity index (χ0) is 46.7. The Morgan fingerprint density at radius 1 is 0.562 bits per heavy atom. The first kappa shape index (κ1) is 40.4. The van der Waals surface area contributed by atoms with Gasteiger partial charge in [0.2, 0.25) is 0 Å². The molecule has 322 valence electrons. The fraction of sp³-hybridized carbons (Fsp3) is 0.186. The van der Waals surface area contributed by atoms with Gasteiger partial charge in [0.15, 0.2) is 0 Å². The van der Waals surface area contributed by atoms with E-state index in [1.54, 1.807) is 18.3 Å². The molecule has 0 aliphatic heterocycles. The van der Waals surface area contributed by atoms with Crippen molar-refractivity contribution in [2.45, 2.75) is 73.1 Å². The van der Waals surface area contributed by atoms with Crippen LogP contribution in [0.4, 0.5) is 0 Å². The summed E-state index contributed by atoms with van der Waals surface area (Å²) in [6.07, 6.45) is 1.79. The number of imidazole rings is 1. The Bertz CT molecular complexity index is 3270. The molecule has 1 N–H and O–H groups in total. The summed E-state index contributed by atoms with van der Waals surface area (Å²) >= 11 is 0.